The number of ether oxygens (including phenoxy) is 1. The number of nitrogens with zero attached hydrogens (tertiary/aromatic N) is 1. The summed E-state index contributed by atoms with van der Waals surface area (Å²) in [6.45, 7) is 7.45. The number of aromatic nitrogens is 1. The number of aryl methyl sites for hydroxylation is 1. The lowest BCUT2D eigenvalue weighted by Crippen LogP contribution is -2.01. The summed E-state index contributed by atoms with van der Waals surface area (Å²) in [5, 5.41) is 0. The second kappa shape index (κ2) is 10.1. The van der Waals surface area contributed by atoms with Gasteiger partial charge in [0.2, 0.25) is 0 Å². The van der Waals surface area contributed by atoms with Gasteiger partial charge in [0.05, 0.1) is 6.61 Å². The van der Waals surface area contributed by atoms with Crippen LogP contribution in [-0.2, 0) is 6.42 Å². The van der Waals surface area contributed by atoms with Crippen LogP contribution in [0.4, 0.5) is 0 Å². The van der Waals surface area contributed by atoms with E-state index in [1.165, 1.54) is 30.4 Å². The van der Waals surface area contributed by atoms with Crippen molar-refractivity contribution in [1.82, 2.24) is 4.98 Å². The van der Waals surface area contributed by atoms with Crippen molar-refractivity contribution < 1.29 is 4.74 Å². The Kier molecular flexibility index (Phi) is 7.81. The third-order valence-corrected chi connectivity index (χ3v) is 4.48. The van der Waals surface area contributed by atoms with E-state index in [1.54, 1.807) is 0 Å². The molecule has 0 radical (unpaired) electrons. The lowest BCUT2D eigenvalue weighted by atomic mass is 9.96. The summed E-state index contributed by atoms with van der Waals surface area (Å²) >= 11 is 0. The highest BCUT2D eigenvalue weighted by Crippen LogP contribution is 2.25. The van der Waals surface area contributed by atoms with Gasteiger partial charge in [0.25, 0.3) is 0 Å². The van der Waals surface area contributed by atoms with Crippen LogP contribution < -0.4 is 4.74 Å². The van der Waals surface area contributed by atoms with E-state index in [0.29, 0.717) is 5.92 Å². The zero-order valence-electron chi connectivity index (χ0n) is 15.4. The van der Waals surface area contributed by atoms with Crippen LogP contribution in [0.15, 0.2) is 42.6 Å². The first kappa shape index (κ1) is 18.5. The van der Waals surface area contributed by atoms with Gasteiger partial charge >= 0.3 is 0 Å². The number of hydrogen-bond acceptors (Lipinski definition) is 2. The van der Waals surface area contributed by atoms with Crippen molar-refractivity contribution in [2.75, 3.05) is 6.61 Å². The Bertz CT molecular complexity index is 574. The number of unbranched alkanes of at least 4 members (excludes halogenated alkanes) is 3. The topological polar surface area (TPSA) is 22.1 Å². The molecule has 0 aliphatic carbocycles. The average Bonchev–Trinajstić information content (AvgIpc) is 2.62. The van der Waals surface area contributed by atoms with Crippen LogP contribution in [0.1, 0.15) is 75.6 Å². The Labute approximate surface area is 147 Å². The van der Waals surface area contributed by atoms with Crippen molar-refractivity contribution in [2.24, 2.45) is 0 Å². The fourth-order valence-electron chi connectivity index (χ4n) is 2.87. The Morgan fingerprint density at radius 2 is 1.71 bits per heavy atom. The maximum absolute atomic E-state index is 5.82. The molecule has 24 heavy (non-hydrogen) atoms. The normalized spacial score (nSPS) is 12.1. The summed E-state index contributed by atoms with van der Waals surface area (Å²) in [6.07, 6.45) is 9.24. The number of rotatable bonds is 10. The highest BCUT2D eigenvalue weighted by molar-refractivity contribution is 5.33. The highest BCUT2D eigenvalue weighted by Gasteiger charge is 2.10. The summed E-state index contributed by atoms with van der Waals surface area (Å²) in [7, 11) is 0. The van der Waals surface area contributed by atoms with Gasteiger partial charge in [-0.1, -0.05) is 64.7 Å². The predicted octanol–water partition coefficient (Wildman–Crippen LogP) is 6.15. The van der Waals surface area contributed by atoms with Crippen LogP contribution in [0.5, 0.6) is 5.75 Å². The summed E-state index contributed by atoms with van der Waals surface area (Å²) in [5.74, 6) is 1.27. The van der Waals surface area contributed by atoms with Crippen molar-refractivity contribution in [2.45, 2.75) is 65.2 Å². The molecule has 2 heteroatoms. The first-order chi connectivity index (χ1) is 11.7. The summed E-state index contributed by atoms with van der Waals surface area (Å²) in [5.41, 5.74) is 3.73. The van der Waals surface area contributed by atoms with Gasteiger partial charge in [-0.15, -0.1) is 0 Å². The van der Waals surface area contributed by atoms with Gasteiger partial charge in [-0.05, 0) is 42.2 Å². The SMILES string of the molecule is CCCCCCOc1ccc(C(C)c2ccc(CCC)cn2)cc1. The predicted molar refractivity (Wildman–Crippen MR) is 102 cm³/mol. The number of hydrogen-bond donors (Lipinski definition) is 0. The maximum atomic E-state index is 5.82. The van der Waals surface area contributed by atoms with E-state index in [1.807, 2.05) is 6.20 Å². The molecule has 1 aromatic carbocycles. The van der Waals surface area contributed by atoms with Crippen molar-refractivity contribution >= 4 is 0 Å². The van der Waals surface area contributed by atoms with Crippen LogP contribution in [-0.4, -0.2) is 11.6 Å². The second-order valence-corrected chi connectivity index (χ2v) is 6.54. The largest absolute Gasteiger partial charge is 0.494 e. The Morgan fingerprint density at radius 3 is 2.33 bits per heavy atom. The van der Waals surface area contributed by atoms with Crippen LogP contribution in [0, 0.1) is 0 Å². The van der Waals surface area contributed by atoms with Crippen LogP contribution in [0.25, 0.3) is 0 Å². The zero-order valence-corrected chi connectivity index (χ0v) is 15.4. The van der Waals surface area contributed by atoms with Gasteiger partial charge in [0.1, 0.15) is 5.75 Å². The Balaban J connectivity index is 1.89. The summed E-state index contributed by atoms with van der Waals surface area (Å²) < 4.78 is 5.82. The van der Waals surface area contributed by atoms with Gasteiger partial charge < -0.3 is 4.74 Å². The number of benzene rings is 1. The van der Waals surface area contributed by atoms with Crippen LogP contribution >= 0.6 is 0 Å². The van der Waals surface area contributed by atoms with Gasteiger partial charge in [-0.3, -0.25) is 4.98 Å². The fourth-order valence-corrected chi connectivity index (χ4v) is 2.87. The maximum Gasteiger partial charge on any atom is 0.119 e. The third-order valence-electron chi connectivity index (χ3n) is 4.48. The molecule has 1 atom stereocenters. The van der Waals surface area contributed by atoms with Crippen LogP contribution in [0.3, 0.4) is 0 Å². The molecule has 0 N–H and O–H groups in total. The molecule has 2 aromatic rings. The first-order valence-corrected chi connectivity index (χ1v) is 9.42. The molecule has 0 aliphatic rings. The van der Waals surface area contributed by atoms with E-state index in [0.717, 1.165) is 37.3 Å². The van der Waals surface area contributed by atoms with Crippen molar-refractivity contribution in [1.29, 1.82) is 0 Å². The van der Waals surface area contributed by atoms with Crippen LogP contribution in [0.2, 0.25) is 0 Å². The molecule has 2 nitrogen and oxygen atoms in total. The van der Waals surface area contributed by atoms with E-state index >= 15 is 0 Å². The third kappa shape index (κ3) is 5.67. The first-order valence-electron chi connectivity index (χ1n) is 9.42. The molecule has 0 saturated heterocycles. The van der Waals surface area contributed by atoms with Gasteiger partial charge in [-0.2, -0.15) is 0 Å². The van der Waals surface area contributed by atoms with E-state index < -0.39 is 0 Å². The minimum absolute atomic E-state index is 0.305. The standard InChI is InChI=1S/C22H31NO/c1-4-6-7-8-16-24-21-13-11-20(12-14-21)18(3)22-15-10-19(9-5-2)17-23-22/h10-15,17-18H,4-9,16H2,1-3H3. The van der Waals surface area contributed by atoms with Gasteiger partial charge in [-0.25, -0.2) is 0 Å². The smallest absolute Gasteiger partial charge is 0.119 e. The molecule has 0 spiro atoms. The minimum Gasteiger partial charge on any atom is -0.494 e. The Morgan fingerprint density at radius 1 is 0.917 bits per heavy atom. The molecule has 0 fully saturated rings. The van der Waals surface area contributed by atoms with Gasteiger partial charge in [0, 0.05) is 17.8 Å². The lowest BCUT2D eigenvalue weighted by molar-refractivity contribution is 0.305. The quantitative estimate of drug-likeness (QED) is 0.489. The van der Waals surface area contributed by atoms with E-state index in [-0.39, 0.29) is 0 Å². The Hall–Kier alpha value is -1.83. The van der Waals surface area contributed by atoms with Crippen molar-refractivity contribution in [3.8, 4) is 5.75 Å². The number of pyridine rings is 1. The molecule has 1 aromatic heterocycles. The van der Waals surface area contributed by atoms with Crippen molar-refractivity contribution in [3.05, 3.63) is 59.4 Å². The average molecular weight is 325 g/mol. The monoisotopic (exact) mass is 325 g/mol. The molecule has 130 valence electrons. The fraction of sp³-hybridized carbons (Fsp3) is 0.500. The molecule has 0 saturated carbocycles. The second-order valence-electron chi connectivity index (χ2n) is 6.54. The molecule has 1 heterocycles. The molecule has 2 rings (SSSR count). The van der Waals surface area contributed by atoms with E-state index in [9.17, 15) is 0 Å². The molecular formula is C22H31NO. The molecule has 0 amide bonds. The lowest BCUT2D eigenvalue weighted by Gasteiger charge is -2.13. The minimum atomic E-state index is 0.305. The zero-order chi connectivity index (χ0) is 17.2. The summed E-state index contributed by atoms with van der Waals surface area (Å²) in [6, 6.07) is 12.8. The highest BCUT2D eigenvalue weighted by atomic mass is 16.5. The summed E-state index contributed by atoms with van der Waals surface area (Å²) in [4.78, 5) is 4.64. The molecular weight excluding hydrogens is 294 g/mol. The molecule has 0 bridgehead atoms. The van der Waals surface area contributed by atoms with E-state index in [4.69, 9.17) is 4.74 Å². The van der Waals surface area contributed by atoms with Gasteiger partial charge in [0.15, 0.2) is 0 Å². The molecule has 1 unspecified atom stereocenters. The molecule has 0 aliphatic heterocycles. The van der Waals surface area contributed by atoms with E-state index in [2.05, 4.69) is 62.2 Å². The van der Waals surface area contributed by atoms with Crippen molar-refractivity contribution in [3.63, 3.8) is 0 Å².